The van der Waals surface area contributed by atoms with E-state index in [0.29, 0.717) is 16.6 Å². The molecule has 94 valence electrons. The smallest absolute Gasteiger partial charge is 0.254 e. The molecule has 1 unspecified atom stereocenters. The highest BCUT2D eigenvalue weighted by Gasteiger charge is 2.19. The lowest BCUT2D eigenvalue weighted by Crippen LogP contribution is -2.38. The van der Waals surface area contributed by atoms with Gasteiger partial charge in [0.1, 0.15) is 5.75 Å². The van der Waals surface area contributed by atoms with Crippen molar-refractivity contribution in [1.82, 2.24) is 4.90 Å². The highest BCUT2D eigenvalue weighted by atomic mass is 79.9. The maximum absolute atomic E-state index is 12.2. The Hall–Kier alpha value is -1.03. The van der Waals surface area contributed by atoms with Gasteiger partial charge in [0.25, 0.3) is 5.91 Å². The van der Waals surface area contributed by atoms with Crippen LogP contribution < -0.4 is 0 Å². The van der Waals surface area contributed by atoms with E-state index in [2.05, 4.69) is 22.9 Å². The van der Waals surface area contributed by atoms with Gasteiger partial charge in [0.15, 0.2) is 0 Å². The van der Waals surface area contributed by atoms with Gasteiger partial charge in [-0.1, -0.05) is 6.92 Å². The first kappa shape index (κ1) is 14.0. The molecule has 0 saturated heterocycles. The topological polar surface area (TPSA) is 40.5 Å². The van der Waals surface area contributed by atoms with E-state index in [1.807, 2.05) is 18.7 Å². The first-order valence-corrected chi connectivity index (χ1v) is 6.60. The zero-order valence-corrected chi connectivity index (χ0v) is 12.0. The molecule has 0 bridgehead atoms. The molecule has 1 N–H and O–H groups in total. The Labute approximate surface area is 111 Å². The fraction of sp³-hybridized carbons (Fsp3) is 0.462. The van der Waals surface area contributed by atoms with Gasteiger partial charge in [0.05, 0.1) is 4.47 Å². The summed E-state index contributed by atoms with van der Waals surface area (Å²) in [5.41, 5.74) is 0.521. The van der Waals surface area contributed by atoms with E-state index in [-0.39, 0.29) is 17.7 Å². The molecule has 0 spiro atoms. The average molecular weight is 300 g/mol. The van der Waals surface area contributed by atoms with Crippen LogP contribution in [0.1, 0.15) is 37.6 Å². The number of amides is 1. The van der Waals surface area contributed by atoms with Crippen LogP contribution in [0.3, 0.4) is 0 Å². The molecule has 1 rings (SSSR count). The van der Waals surface area contributed by atoms with E-state index in [1.165, 1.54) is 6.07 Å². The third kappa shape index (κ3) is 3.22. The number of phenols is 1. The zero-order valence-electron chi connectivity index (χ0n) is 10.4. The second-order valence-corrected chi connectivity index (χ2v) is 4.87. The Balaban J connectivity index is 2.98. The summed E-state index contributed by atoms with van der Waals surface area (Å²) in [6.45, 7) is 6.72. The van der Waals surface area contributed by atoms with Crippen LogP contribution in [0.2, 0.25) is 0 Å². The fourth-order valence-corrected chi connectivity index (χ4v) is 1.93. The van der Waals surface area contributed by atoms with Crippen LogP contribution in [0.25, 0.3) is 0 Å². The van der Waals surface area contributed by atoms with Gasteiger partial charge < -0.3 is 10.0 Å². The van der Waals surface area contributed by atoms with Gasteiger partial charge in [-0.3, -0.25) is 4.79 Å². The van der Waals surface area contributed by atoms with Crippen LogP contribution in [0, 0.1) is 0 Å². The average Bonchev–Trinajstić information content (AvgIpc) is 2.33. The molecule has 0 saturated carbocycles. The van der Waals surface area contributed by atoms with Gasteiger partial charge >= 0.3 is 0 Å². The summed E-state index contributed by atoms with van der Waals surface area (Å²) in [4.78, 5) is 14.0. The summed E-state index contributed by atoms with van der Waals surface area (Å²) in [6.07, 6.45) is 0.919. The van der Waals surface area contributed by atoms with Crippen LogP contribution in [0.4, 0.5) is 0 Å². The molecular formula is C13H18BrNO2. The first-order valence-electron chi connectivity index (χ1n) is 5.80. The van der Waals surface area contributed by atoms with Crippen molar-refractivity contribution in [2.45, 2.75) is 33.2 Å². The Morgan fingerprint density at radius 2 is 2.12 bits per heavy atom. The first-order chi connectivity index (χ1) is 8.01. The normalized spacial score (nSPS) is 12.2. The van der Waals surface area contributed by atoms with E-state index >= 15 is 0 Å². The number of halogens is 1. The summed E-state index contributed by atoms with van der Waals surface area (Å²) >= 11 is 3.20. The highest BCUT2D eigenvalue weighted by molar-refractivity contribution is 9.10. The maximum atomic E-state index is 12.2. The Morgan fingerprint density at radius 1 is 1.47 bits per heavy atom. The van der Waals surface area contributed by atoms with Crippen molar-refractivity contribution < 1.29 is 9.90 Å². The molecule has 0 heterocycles. The van der Waals surface area contributed by atoms with Crippen molar-refractivity contribution in [3.05, 3.63) is 28.2 Å². The van der Waals surface area contributed by atoms with Gasteiger partial charge in [0.2, 0.25) is 0 Å². The number of benzene rings is 1. The Morgan fingerprint density at radius 3 is 2.59 bits per heavy atom. The number of hydrogen-bond donors (Lipinski definition) is 1. The molecule has 0 aromatic heterocycles. The molecule has 0 aliphatic carbocycles. The molecular weight excluding hydrogens is 282 g/mol. The fourth-order valence-electron chi connectivity index (χ4n) is 1.69. The van der Waals surface area contributed by atoms with Crippen molar-refractivity contribution in [2.24, 2.45) is 0 Å². The molecule has 1 aromatic carbocycles. The highest BCUT2D eigenvalue weighted by Crippen LogP contribution is 2.25. The summed E-state index contributed by atoms with van der Waals surface area (Å²) in [5, 5.41) is 9.58. The summed E-state index contributed by atoms with van der Waals surface area (Å²) < 4.78 is 0.598. The lowest BCUT2D eigenvalue weighted by molar-refractivity contribution is 0.0699. The van der Waals surface area contributed by atoms with E-state index in [4.69, 9.17) is 0 Å². The predicted molar refractivity (Wildman–Crippen MR) is 72.3 cm³/mol. The minimum absolute atomic E-state index is 0.0374. The molecule has 17 heavy (non-hydrogen) atoms. The number of carbonyl (C=O) groups excluding carboxylic acids is 1. The molecule has 3 nitrogen and oxygen atoms in total. The Bertz CT molecular complexity index is 406. The summed E-state index contributed by atoms with van der Waals surface area (Å²) in [7, 11) is 0. The number of nitrogens with zero attached hydrogens (tertiary/aromatic N) is 1. The van der Waals surface area contributed by atoms with Crippen LogP contribution in [0.5, 0.6) is 5.75 Å². The lowest BCUT2D eigenvalue weighted by Gasteiger charge is -2.27. The monoisotopic (exact) mass is 299 g/mol. The molecule has 0 fully saturated rings. The van der Waals surface area contributed by atoms with Gasteiger partial charge in [-0.25, -0.2) is 0 Å². The van der Waals surface area contributed by atoms with Crippen molar-refractivity contribution >= 4 is 21.8 Å². The predicted octanol–water partition coefficient (Wildman–Crippen LogP) is 3.42. The van der Waals surface area contributed by atoms with Gasteiger partial charge in [-0.05, 0) is 54.4 Å². The SMILES string of the molecule is CCC(C)N(CC)C(=O)c1ccc(Br)c(O)c1. The van der Waals surface area contributed by atoms with E-state index in [1.54, 1.807) is 12.1 Å². The van der Waals surface area contributed by atoms with Crippen LogP contribution in [-0.2, 0) is 0 Å². The number of aromatic hydroxyl groups is 1. The second-order valence-electron chi connectivity index (χ2n) is 4.01. The van der Waals surface area contributed by atoms with Crippen molar-refractivity contribution in [2.75, 3.05) is 6.54 Å². The third-order valence-electron chi connectivity index (χ3n) is 2.92. The molecule has 4 heteroatoms. The van der Waals surface area contributed by atoms with Gasteiger partial charge in [-0.2, -0.15) is 0 Å². The molecule has 0 radical (unpaired) electrons. The van der Waals surface area contributed by atoms with Crippen LogP contribution in [0.15, 0.2) is 22.7 Å². The van der Waals surface area contributed by atoms with Crippen molar-refractivity contribution in [3.8, 4) is 5.75 Å². The zero-order chi connectivity index (χ0) is 13.0. The molecule has 1 aromatic rings. The summed E-state index contributed by atoms with van der Waals surface area (Å²) in [5.74, 6) is 0.0562. The minimum Gasteiger partial charge on any atom is -0.507 e. The second kappa shape index (κ2) is 6.05. The van der Waals surface area contributed by atoms with Crippen LogP contribution in [-0.4, -0.2) is 28.5 Å². The third-order valence-corrected chi connectivity index (χ3v) is 3.59. The minimum atomic E-state index is -0.0374. The van der Waals surface area contributed by atoms with Crippen molar-refractivity contribution in [3.63, 3.8) is 0 Å². The standard InChI is InChI=1S/C13H18BrNO2/c1-4-9(3)15(5-2)13(17)10-6-7-11(14)12(16)8-10/h6-9,16H,4-5H2,1-3H3. The Kier molecular flexibility index (Phi) is 5.00. The maximum Gasteiger partial charge on any atom is 0.254 e. The largest absolute Gasteiger partial charge is 0.507 e. The quantitative estimate of drug-likeness (QED) is 0.925. The van der Waals surface area contributed by atoms with E-state index < -0.39 is 0 Å². The van der Waals surface area contributed by atoms with Gasteiger partial charge in [-0.15, -0.1) is 0 Å². The lowest BCUT2D eigenvalue weighted by atomic mass is 10.1. The molecule has 1 amide bonds. The van der Waals surface area contributed by atoms with Gasteiger partial charge in [0, 0.05) is 18.2 Å². The molecule has 0 aliphatic rings. The summed E-state index contributed by atoms with van der Waals surface area (Å²) in [6, 6.07) is 5.11. The number of phenolic OH excluding ortho intramolecular Hbond substituents is 1. The van der Waals surface area contributed by atoms with E-state index in [9.17, 15) is 9.90 Å². The van der Waals surface area contributed by atoms with Crippen LogP contribution >= 0.6 is 15.9 Å². The number of hydrogen-bond acceptors (Lipinski definition) is 2. The van der Waals surface area contributed by atoms with E-state index in [0.717, 1.165) is 6.42 Å². The number of rotatable bonds is 4. The molecule has 1 atom stereocenters. The number of carbonyl (C=O) groups is 1. The molecule has 0 aliphatic heterocycles. The van der Waals surface area contributed by atoms with Crippen molar-refractivity contribution in [1.29, 1.82) is 0 Å².